The molecule has 0 spiro atoms. The lowest BCUT2D eigenvalue weighted by Crippen LogP contribution is -2.33. The summed E-state index contributed by atoms with van der Waals surface area (Å²) in [7, 11) is 0. The molecule has 2 fully saturated rings. The summed E-state index contributed by atoms with van der Waals surface area (Å²) in [6.45, 7) is 2.69. The number of halogens is 1. The molecule has 0 aromatic heterocycles. The fourth-order valence-corrected chi connectivity index (χ4v) is 3.06. The summed E-state index contributed by atoms with van der Waals surface area (Å²) in [6.07, 6.45) is 3.07. The number of nitrogens with zero attached hydrogens (tertiary/aromatic N) is 1. The number of benzene rings is 1. The average Bonchev–Trinajstić information content (AvgIpc) is 3.06. The van der Waals surface area contributed by atoms with Crippen molar-refractivity contribution in [2.45, 2.75) is 43.9 Å². The van der Waals surface area contributed by atoms with Gasteiger partial charge in [0.15, 0.2) is 0 Å². The van der Waals surface area contributed by atoms with Crippen molar-refractivity contribution in [2.24, 2.45) is 0 Å². The second-order valence-electron chi connectivity index (χ2n) is 5.47. The predicted octanol–water partition coefficient (Wildman–Crippen LogP) is 2.27. The van der Waals surface area contributed by atoms with Crippen LogP contribution in [0.3, 0.4) is 0 Å². The molecular formula is C14H18FNO. The quantitative estimate of drug-likeness (QED) is 0.850. The van der Waals surface area contributed by atoms with Gasteiger partial charge in [-0.15, -0.1) is 0 Å². The number of hydrogen-bond donors (Lipinski definition) is 1. The topological polar surface area (TPSA) is 23.5 Å². The molecule has 1 N–H and O–H groups in total. The van der Waals surface area contributed by atoms with Gasteiger partial charge in [0.05, 0.1) is 0 Å². The molecule has 3 heteroatoms. The molecule has 1 aliphatic carbocycles. The van der Waals surface area contributed by atoms with Gasteiger partial charge in [0, 0.05) is 24.2 Å². The van der Waals surface area contributed by atoms with Gasteiger partial charge < -0.3 is 5.11 Å². The fraction of sp³-hybridized carbons (Fsp3) is 0.571. The Hall–Kier alpha value is -0.930. The Morgan fingerprint density at radius 1 is 1.35 bits per heavy atom. The van der Waals surface area contributed by atoms with Crippen LogP contribution in [0.2, 0.25) is 0 Å². The van der Waals surface area contributed by atoms with Crippen molar-refractivity contribution in [1.82, 2.24) is 4.90 Å². The van der Waals surface area contributed by atoms with Crippen LogP contribution in [-0.2, 0) is 5.60 Å². The fourth-order valence-electron chi connectivity index (χ4n) is 3.06. The molecule has 1 aromatic rings. The highest BCUT2D eigenvalue weighted by molar-refractivity contribution is 5.27. The summed E-state index contributed by atoms with van der Waals surface area (Å²) < 4.78 is 13.8. The normalized spacial score (nSPS) is 34.2. The first kappa shape index (κ1) is 11.2. The first-order valence-electron chi connectivity index (χ1n) is 6.33. The molecule has 0 amide bonds. The maximum Gasteiger partial charge on any atom is 0.129 e. The van der Waals surface area contributed by atoms with Crippen LogP contribution in [0.4, 0.5) is 4.39 Å². The molecule has 2 aliphatic rings. The third kappa shape index (κ3) is 1.87. The van der Waals surface area contributed by atoms with E-state index in [1.54, 1.807) is 18.2 Å². The lowest BCUT2D eigenvalue weighted by atomic mass is 9.91. The van der Waals surface area contributed by atoms with Crippen LogP contribution in [-0.4, -0.2) is 28.6 Å². The predicted molar refractivity (Wildman–Crippen MR) is 64.1 cm³/mol. The third-order valence-corrected chi connectivity index (χ3v) is 4.03. The molecule has 92 valence electrons. The SMILES string of the molecule is CC1CC(O)(c2ccccc2F)CN1C1CC1. The van der Waals surface area contributed by atoms with Crippen molar-refractivity contribution < 1.29 is 9.50 Å². The minimum atomic E-state index is -1.01. The molecule has 3 rings (SSSR count). The van der Waals surface area contributed by atoms with Crippen molar-refractivity contribution in [1.29, 1.82) is 0 Å². The van der Waals surface area contributed by atoms with E-state index < -0.39 is 5.60 Å². The molecule has 1 aromatic carbocycles. The van der Waals surface area contributed by atoms with Gasteiger partial charge in [-0.25, -0.2) is 4.39 Å². The van der Waals surface area contributed by atoms with Crippen LogP contribution in [0.5, 0.6) is 0 Å². The number of β-amino-alcohol motifs (C(OH)–C–C–N with tert-alkyl or cyclic N) is 1. The van der Waals surface area contributed by atoms with E-state index in [9.17, 15) is 9.50 Å². The maximum atomic E-state index is 13.8. The van der Waals surface area contributed by atoms with Gasteiger partial charge in [-0.3, -0.25) is 4.90 Å². The largest absolute Gasteiger partial charge is 0.384 e. The van der Waals surface area contributed by atoms with Gasteiger partial charge in [-0.2, -0.15) is 0 Å². The van der Waals surface area contributed by atoms with Crippen LogP contribution in [0.1, 0.15) is 31.7 Å². The lowest BCUT2D eigenvalue weighted by Gasteiger charge is -2.24. The Bertz CT molecular complexity index is 432. The summed E-state index contributed by atoms with van der Waals surface area (Å²) in [5.74, 6) is -0.292. The molecular weight excluding hydrogens is 217 g/mol. The van der Waals surface area contributed by atoms with E-state index in [1.807, 2.05) is 0 Å². The average molecular weight is 235 g/mol. The standard InChI is InChI=1S/C14H18FNO/c1-10-8-14(17,9-16(10)11-6-7-11)12-4-2-3-5-13(12)15/h2-5,10-11,17H,6-9H2,1H3. The van der Waals surface area contributed by atoms with Gasteiger partial charge in [0.25, 0.3) is 0 Å². The van der Waals surface area contributed by atoms with Gasteiger partial charge >= 0.3 is 0 Å². The molecule has 1 aliphatic heterocycles. The minimum Gasteiger partial charge on any atom is -0.384 e. The van der Waals surface area contributed by atoms with Crippen LogP contribution in [0.15, 0.2) is 24.3 Å². The molecule has 17 heavy (non-hydrogen) atoms. The number of rotatable bonds is 2. The molecule has 1 saturated carbocycles. The Morgan fingerprint density at radius 3 is 2.71 bits per heavy atom. The molecule has 1 saturated heterocycles. The maximum absolute atomic E-state index is 13.8. The Labute approximate surface area is 101 Å². The van der Waals surface area contributed by atoms with E-state index >= 15 is 0 Å². The number of aliphatic hydroxyl groups is 1. The highest BCUT2D eigenvalue weighted by Gasteiger charge is 2.47. The first-order chi connectivity index (χ1) is 8.10. The van der Waals surface area contributed by atoms with Crippen LogP contribution >= 0.6 is 0 Å². The summed E-state index contributed by atoms with van der Waals surface area (Å²) in [5.41, 5.74) is -0.553. The minimum absolute atomic E-state index is 0.292. The zero-order chi connectivity index (χ0) is 12.0. The van der Waals surface area contributed by atoms with Crippen molar-refractivity contribution in [3.8, 4) is 0 Å². The Kier molecular flexibility index (Phi) is 2.49. The molecule has 0 bridgehead atoms. The second kappa shape index (κ2) is 3.79. The van der Waals surface area contributed by atoms with E-state index in [4.69, 9.17) is 0 Å². The molecule has 2 unspecified atom stereocenters. The Morgan fingerprint density at radius 2 is 2.06 bits per heavy atom. The summed E-state index contributed by atoms with van der Waals surface area (Å²) in [4.78, 5) is 2.33. The highest BCUT2D eigenvalue weighted by Crippen LogP contribution is 2.42. The zero-order valence-corrected chi connectivity index (χ0v) is 10.1. The smallest absolute Gasteiger partial charge is 0.129 e. The summed E-state index contributed by atoms with van der Waals surface area (Å²) >= 11 is 0. The van der Waals surface area contributed by atoms with Gasteiger partial charge in [0.2, 0.25) is 0 Å². The van der Waals surface area contributed by atoms with Crippen LogP contribution in [0.25, 0.3) is 0 Å². The van der Waals surface area contributed by atoms with E-state index in [2.05, 4.69) is 11.8 Å². The van der Waals surface area contributed by atoms with Crippen molar-refractivity contribution in [3.05, 3.63) is 35.6 Å². The number of likely N-dealkylation sites (tertiary alicyclic amines) is 1. The van der Waals surface area contributed by atoms with E-state index in [1.165, 1.54) is 18.9 Å². The van der Waals surface area contributed by atoms with Crippen molar-refractivity contribution in [3.63, 3.8) is 0 Å². The van der Waals surface area contributed by atoms with Gasteiger partial charge in [-0.05, 0) is 32.3 Å². The van der Waals surface area contributed by atoms with E-state index in [0.717, 1.165) is 0 Å². The lowest BCUT2D eigenvalue weighted by molar-refractivity contribution is 0.0416. The Balaban J connectivity index is 1.90. The molecule has 1 heterocycles. The van der Waals surface area contributed by atoms with E-state index in [0.29, 0.717) is 30.6 Å². The third-order valence-electron chi connectivity index (χ3n) is 4.03. The molecule has 2 atom stereocenters. The van der Waals surface area contributed by atoms with Crippen LogP contribution < -0.4 is 0 Å². The monoisotopic (exact) mass is 235 g/mol. The summed E-state index contributed by atoms with van der Waals surface area (Å²) in [5, 5.41) is 10.7. The number of hydrogen-bond acceptors (Lipinski definition) is 2. The first-order valence-corrected chi connectivity index (χ1v) is 6.33. The molecule has 0 radical (unpaired) electrons. The van der Waals surface area contributed by atoms with Gasteiger partial charge in [-0.1, -0.05) is 18.2 Å². The van der Waals surface area contributed by atoms with Crippen molar-refractivity contribution >= 4 is 0 Å². The summed E-state index contributed by atoms with van der Waals surface area (Å²) in [6, 6.07) is 7.55. The molecule has 2 nitrogen and oxygen atoms in total. The van der Waals surface area contributed by atoms with Gasteiger partial charge in [0.1, 0.15) is 11.4 Å². The second-order valence-corrected chi connectivity index (χ2v) is 5.47. The van der Waals surface area contributed by atoms with E-state index in [-0.39, 0.29) is 5.82 Å². The van der Waals surface area contributed by atoms with Crippen LogP contribution in [0, 0.1) is 5.82 Å². The van der Waals surface area contributed by atoms with Crippen molar-refractivity contribution in [2.75, 3.05) is 6.54 Å². The zero-order valence-electron chi connectivity index (χ0n) is 10.1. The highest BCUT2D eigenvalue weighted by atomic mass is 19.1.